The van der Waals surface area contributed by atoms with Crippen molar-refractivity contribution >= 4 is 12.2 Å². The fourth-order valence-electron chi connectivity index (χ4n) is 2.31. The molecule has 0 aliphatic carbocycles. The van der Waals surface area contributed by atoms with Crippen molar-refractivity contribution < 1.29 is 0 Å². The Morgan fingerprint density at radius 2 is 1.72 bits per heavy atom. The normalized spacial score (nSPS) is 10.1. The van der Waals surface area contributed by atoms with Crippen LogP contribution in [0.2, 0.25) is 0 Å². The molecule has 0 saturated heterocycles. The van der Waals surface area contributed by atoms with Gasteiger partial charge in [0.15, 0.2) is 0 Å². The maximum Gasteiger partial charge on any atom is 0.121 e. The van der Waals surface area contributed by atoms with Gasteiger partial charge in [0.05, 0.1) is 5.56 Å². The summed E-state index contributed by atoms with van der Waals surface area (Å²) in [6.45, 7) is 6.26. The molecule has 0 aliphatic rings. The third-order valence-corrected chi connectivity index (χ3v) is 3.30. The molecule has 18 heavy (non-hydrogen) atoms. The molecule has 0 aliphatic heterocycles. The molecule has 0 radical (unpaired) electrons. The van der Waals surface area contributed by atoms with Gasteiger partial charge in [0.25, 0.3) is 0 Å². The van der Waals surface area contributed by atoms with Crippen molar-refractivity contribution in [3.05, 3.63) is 51.2 Å². The first-order chi connectivity index (χ1) is 8.52. The molecule has 1 aromatic carbocycles. The molecule has 0 unspecified atom stereocenters. The molecule has 2 aromatic rings. The first kappa shape index (κ1) is 12.5. The summed E-state index contributed by atoms with van der Waals surface area (Å²) in [6.07, 6.45) is 0. The maximum atomic E-state index is 8.89. The molecule has 90 valence electrons. The number of aryl methyl sites for hydroxylation is 3. The van der Waals surface area contributed by atoms with Gasteiger partial charge in [0.1, 0.15) is 10.7 Å². The number of H-pyrrole nitrogens is 1. The number of hydrogen-bond acceptors (Lipinski definition) is 2. The summed E-state index contributed by atoms with van der Waals surface area (Å²) < 4.78 is 0.495. The molecule has 0 spiro atoms. The van der Waals surface area contributed by atoms with E-state index in [0.717, 1.165) is 11.3 Å². The van der Waals surface area contributed by atoms with Crippen molar-refractivity contribution in [2.75, 3.05) is 0 Å². The van der Waals surface area contributed by atoms with Crippen LogP contribution < -0.4 is 0 Å². The second-order valence-electron chi connectivity index (χ2n) is 4.50. The molecule has 3 heteroatoms. The molecular formula is C15H14N2S. The molecule has 0 fully saturated rings. The molecule has 1 heterocycles. The lowest BCUT2D eigenvalue weighted by molar-refractivity contribution is 1.23. The Hall–Kier alpha value is -1.92. The fourth-order valence-corrected chi connectivity index (χ4v) is 2.54. The minimum absolute atomic E-state index is 0.495. The first-order valence-corrected chi connectivity index (χ1v) is 6.15. The molecule has 1 N–H and O–H groups in total. The Morgan fingerprint density at radius 1 is 1.11 bits per heavy atom. The first-order valence-electron chi connectivity index (χ1n) is 5.74. The number of nitrogens with one attached hydrogen (secondary N) is 1. The maximum absolute atomic E-state index is 8.89. The van der Waals surface area contributed by atoms with E-state index in [1.807, 2.05) is 6.07 Å². The van der Waals surface area contributed by atoms with E-state index in [-0.39, 0.29) is 0 Å². The largest absolute Gasteiger partial charge is 0.345 e. The zero-order valence-electron chi connectivity index (χ0n) is 10.7. The highest BCUT2D eigenvalue weighted by atomic mass is 32.1. The van der Waals surface area contributed by atoms with Gasteiger partial charge >= 0.3 is 0 Å². The quantitative estimate of drug-likeness (QED) is 0.774. The fraction of sp³-hybridized carbons (Fsp3) is 0.200. The predicted molar refractivity (Wildman–Crippen MR) is 76.0 cm³/mol. The van der Waals surface area contributed by atoms with Crippen molar-refractivity contribution in [1.29, 1.82) is 5.26 Å². The summed E-state index contributed by atoms with van der Waals surface area (Å²) in [4.78, 5) is 3.14. The van der Waals surface area contributed by atoms with Gasteiger partial charge in [-0.25, -0.2) is 0 Å². The molecule has 0 saturated carbocycles. The van der Waals surface area contributed by atoms with Crippen LogP contribution in [0.5, 0.6) is 0 Å². The van der Waals surface area contributed by atoms with Crippen LogP contribution in [0.15, 0.2) is 24.3 Å². The number of pyridine rings is 1. The van der Waals surface area contributed by atoms with Crippen molar-refractivity contribution in [3.8, 4) is 17.3 Å². The number of hydrogen-bond donors (Lipinski definition) is 1. The third-order valence-electron chi connectivity index (χ3n) is 2.98. The van der Waals surface area contributed by atoms with Gasteiger partial charge in [0, 0.05) is 11.3 Å². The van der Waals surface area contributed by atoms with Crippen LogP contribution in [0.25, 0.3) is 11.3 Å². The van der Waals surface area contributed by atoms with E-state index in [0.29, 0.717) is 10.2 Å². The summed E-state index contributed by atoms with van der Waals surface area (Å²) in [7, 11) is 0. The van der Waals surface area contributed by atoms with E-state index in [9.17, 15) is 0 Å². The average molecular weight is 254 g/mol. The summed E-state index contributed by atoms with van der Waals surface area (Å²) in [5, 5.41) is 8.89. The van der Waals surface area contributed by atoms with Crippen LogP contribution in [0, 0.1) is 36.7 Å². The minimum atomic E-state index is 0.495. The van der Waals surface area contributed by atoms with E-state index in [1.165, 1.54) is 16.7 Å². The zero-order valence-corrected chi connectivity index (χ0v) is 11.5. The van der Waals surface area contributed by atoms with Gasteiger partial charge in [0.2, 0.25) is 0 Å². The van der Waals surface area contributed by atoms with Gasteiger partial charge in [-0.2, -0.15) is 5.26 Å². The topological polar surface area (TPSA) is 39.6 Å². The standard InChI is InChI=1S/C15H14N2S/c1-9-6-10(2)14(11(3)7-9)13-5-4-12(8-16)15(18)17-13/h4-7H,1-3H3,(H,17,18). The molecule has 2 nitrogen and oxygen atoms in total. The average Bonchev–Trinajstić information content (AvgIpc) is 2.27. The van der Waals surface area contributed by atoms with Crippen LogP contribution in [0.3, 0.4) is 0 Å². The lowest BCUT2D eigenvalue weighted by Crippen LogP contribution is -1.94. The molecule has 2 rings (SSSR count). The SMILES string of the molecule is Cc1cc(C)c(-c2ccc(C#N)c(=S)[nH]2)c(C)c1. The molecule has 1 aromatic heterocycles. The third kappa shape index (κ3) is 2.20. The second-order valence-corrected chi connectivity index (χ2v) is 4.91. The van der Waals surface area contributed by atoms with Gasteiger partial charge < -0.3 is 4.98 Å². The highest BCUT2D eigenvalue weighted by Gasteiger charge is 2.07. The molecule has 0 amide bonds. The van der Waals surface area contributed by atoms with E-state index >= 15 is 0 Å². The Kier molecular flexibility index (Phi) is 3.31. The Labute approximate surface area is 112 Å². The van der Waals surface area contributed by atoms with Crippen LogP contribution in [0.1, 0.15) is 22.3 Å². The van der Waals surface area contributed by atoms with Crippen molar-refractivity contribution in [2.45, 2.75) is 20.8 Å². The molecule has 0 atom stereocenters. The lowest BCUT2D eigenvalue weighted by Gasteiger charge is -2.11. The highest BCUT2D eigenvalue weighted by Crippen LogP contribution is 2.27. The van der Waals surface area contributed by atoms with Crippen molar-refractivity contribution in [2.24, 2.45) is 0 Å². The smallest absolute Gasteiger partial charge is 0.121 e. The predicted octanol–water partition coefficient (Wildman–Crippen LogP) is 4.21. The summed E-state index contributed by atoms with van der Waals surface area (Å²) in [5.74, 6) is 0. The zero-order chi connectivity index (χ0) is 13.3. The van der Waals surface area contributed by atoms with E-state index in [2.05, 4.69) is 44.0 Å². The van der Waals surface area contributed by atoms with Crippen LogP contribution >= 0.6 is 12.2 Å². The monoisotopic (exact) mass is 254 g/mol. The number of aromatic nitrogens is 1. The molecular weight excluding hydrogens is 240 g/mol. The van der Waals surface area contributed by atoms with E-state index < -0.39 is 0 Å². The highest BCUT2D eigenvalue weighted by molar-refractivity contribution is 7.71. The van der Waals surface area contributed by atoms with E-state index in [1.54, 1.807) is 6.07 Å². The van der Waals surface area contributed by atoms with Gasteiger partial charge in [-0.1, -0.05) is 29.9 Å². The Morgan fingerprint density at radius 3 is 2.22 bits per heavy atom. The summed E-state index contributed by atoms with van der Waals surface area (Å²) >= 11 is 5.17. The Balaban J connectivity index is 2.67. The Bertz CT molecular complexity index is 682. The number of nitriles is 1. The van der Waals surface area contributed by atoms with Gasteiger partial charge in [-0.3, -0.25) is 0 Å². The minimum Gasteiger partial charge on any atom is -0.345 e. The van der Waals surface area contributed by atoms with Gasteiger partial charge in [-0.05, 0) is 44.0 Å². The summed E-state index contributed by atoms with van der Waals surface area (Å²) in [5.41, 5.74) is 6.31. The van der Waals surface area contributed by atoms with E-state index in [4.69, 9.17) is 17.5 Å². The number of aromatic amines is 1. The summed E-state index contributed by atoms with van der Waals surface area (Å²) in [6, 6.07) is 10.1. The van der Waals surface area contributed by atoms with Gasteiger partial charge in [-0.15, -0.1) is 0 Å². The second kappa shape index (κ2) is 4.75. The van der Waals surface area contributed by atoms with Crippen LogP contribution in [0.4, 0.5) is 0 Å². The number of rotatable bonds is 1. The number of nitrogens with zero attached hydrogens (tertiary/aromatic N) is 1. The van der Waals surface area contributed by atoms with Crippen LogP contribution in [-0.4, -0.2) is 4.98 Å². The molecule has 0 bridgehead atoms. The lowest BCUT2D eigenvalue weighted by atomic mass is 9.97. The number of benzene rings is 1. The van der Waals surface area contributed by atoms with Crippen molar-refractivity contribution in [3.63, 3.8) is 0 Å². The van der Waals surface area contributed by atoms with Crippen molar-refractivity contribution in [1.82, 2.24) is 4.98 Å². The van der Waals surface area contributed by atoms with Crippen LogP contribution in [-0.2, 0) is 0 Å².